The van der Waals surface area contributed by atoms with E-state index in [-0.39, 0.29) is 5.92 Å². The SMILES string of the molecule is CC.COc1cc(-c2nc(N3CCOCC3)no2)cnc1C(C)C. The normalized spacial score (nSPS) is 14.3. The summed E-state index contributed by atoms with van der Waals surface area (Å²) in [5, 5.41) is 4.04. The van der Waals surface area contributed by atoms with Crippen LogP contribution in [0.15, 0.2) is 16.8 Å². The number of morpholine rings is 1. The van der Waals surface area contributed by atoms with Crippen LogP contribution in [0.5, 0.6) is 5.75 Å². The molecule has 132 valence electrons. The molecule has 0 bridgehead atoms. The Morgan fingerprint density at radius 1 is 1.21 bits per heavy atom. The molecule has 2 aromatic heterocycles. The monoisotopic (exact) mass is 334 g/mol. The fourth-order valence-corrected chi connectivity index (χ4v) is 2.39. The van der Waals surface area contributed by atoms with Crippen molar-refractivity contribution >= 4 is 5.95 Å². The van der Waals surface area contributed by atoms with Gasteiger partial charge >= 0.3 is 0 Å². The maximum atomic E-state index is 5.41. The molecule has 1 aliphatic heterocycles. The fraction of sp³-hybridized carbons (Fsp3) is 0.588. The van der Waals surface area contributed by atoms with Gasteiger partial charge in [0.15, 0.2) is 0 Å². The minimum atomic E-state index is 0.288. The Bertz CT molecular complexity index is 637. The highest BCUT2D eigenvalue weighted by Crippen LogP contribution is 2.29. The Labute approximate surface area is 143 Å². The Balaban J connectivity index is 0.00000100. The molecule has 2 aromatic rings. The molecule has 0 radical (unpaired) electrons. The third kappa shape index (κ3) is 4.03. The zero-order valence-corrected chi connectivity index (χ0v) is 15.1. The average molecular weight is 334 g/mol. The Morgan fingerprint density at radius 2 is 1.92 bits per heavy atom. The van der Waals surface area contributed by atoms with E-state index < -0.39 is 0 Å². The minimum Gasteiger partial charge on any atom is -0.495 e. The number of nitrogens with zero attached hydrogens (tertiary/aromatic N) is 4. The molecule has 0 aliphatic carbocycles. The summed E-state index contributed by atoms with van der Waals surface area (Å²) in [4.78, 5) is 11.0. The number of hydrogen-bond acceptors (Lipinski definition) is 7. The lowest BCUT2D eigenvalue weighted by atomic mass is 10.1. The Kier molecular flexibility index (Phi) is 6.54. The first-order valence-corrected chi connectivity index (χ1v) is 8.39. The molecule has 3 rings (SSSR count). The molecule has 0 saturated carbocycles. The van der Waals surface area contributed by atoms with Gasteiger partial charge in [-0.15, -0.1) is 0 Å². The molecule has 1 fully saturated rings. The van der Waals surface area contributed by atoms with Crippen LogP contribution in [-0.4, -0.2) is 48.5 Å². The first kappa shape index (κ1) is 18.2. The van der Waals surface area contributed by atoms with Crippen LogP contribution in [0.4, 0.5) is 5.95 Å². The molecule has 1 aliphatic rings. The lowest BCUT2D eigenvalue weighted by Crippen LogP contribution is -2.36. The zero-order chi connectivity index (χ0) is 17.5. The summed E-state index contributed by atoms with van der Waals surface area (Å²) < 4.78 is 16.1. The van der Waals surface area contributed by atoms with Gasteiger partial charge in [-0.3, -0.25) is 4.98 Å². The molecule has 0 atom stereocenters. The van der Waals surface area contributed by atoms with E-state index in [2.05, 4.69) is 29.0 Å². The lowest BCUT2D eigenvalue weighted by molar-refractivity contribution is 0.121. The van der Waals surface area contributed by atoms with E-state index in [1.165, 1.54) is 0 Å². The molecular formula is C17H26N4O3. The molecular weight excluding hydrogens is 308 g/mol. The summed E-state index contributed by atoms with van der Waals surface area (Å²) in [6.07, 6.45) is 1.74. The quantitative estimate of drug-likeness (QED) is 0.850. The van der Waals surface area contributed by atoms with Crippen molar-refractivity contribution in [1.82, 2.24) is 15.1 Å². The van der Waals surface area contributed by atoms with E-state index in [9.17, 15) is 0 Å². The van der Waals surface area contributed by atoms with E-state index in [0.29, 0.717) is 25.1 Å². The van der Waals surface area contributed by atoms with Gasteiger partial charge in [-0.25, -0.2) is 0 Å². The van der Waals surface area contributed by atoms with Crippen LogP contribution in [0, 0.1) is 0 Å². The third-order valence-corrected chi connectivity index (χ3v) is 3.60. The molecule has 7 heteroatoms. The number of anilines is 1. The number of hydrogen-bond donors (Lipinski definition) is 0. The van der Waals surface area contributed by atoms with Crippen LogP contribution in [0.25, 0.3) is 11.5 Å². The van der Waals surface area contributed by atoms with Gasteiger partial charge in [-0.2, -0.15) is 4.98 Å². The molecule has 7 nitrogen and oxygen atoms in total. The first-order valence-electron chi connectivity index (χ1n) is 8.39. The number of ether oxygens (including phenoxy) is 2. The minimum absolute atomic E-state index is 0.288. The number of pyridine rings is 1. The summed E-state index contributed by atoms with van der Waals surface area (Å²) in [6.45, 7) is 11.1. The van der Waals surface area contributed by atoms with E-state index in [1.54, 1.807) is 13.3 Å². The standard InChI is InChI=1S/C15H20N4O3.C2H6/c1-10(2)13-12(20-3)8-11(9-16-13)14-17-15(18-22-14)19-4-6-21-7-5-19;1-2/h8-10H,4-7H2,1-3H3;1-2H3. The highest BCUT2D eigenvalue weighted by atomic mass is 16.5. The van der Waals surface area contributed by atoms with Crippen molar-refractivity contribution in [2.75, 3.05) is 38.3 Å². The predicted molar refractivity (Wildman–Crippen MR) is 92.6 cm³/mol. The zero-order valence-electron chi connectivity index (χ0n) is 15.1. The van der Waals surface area contributed by atoms with Crippen molar-refractivity contribution in [3.63, 3.8) is 0 Å². The number of methoxy groups -OCH3 is 1. The second kappa shape index (κ2) is 8.63. The van der Waals surface area contributed by atoms with Crippen LogP contribution in [0.2, 0.25) is 0 Å². The Hall–Kier alpha value is -2.15. The van der Waals surface area contributed by atoms with Crippen molar-refractivity contribution in [2.45, 2.75) is 33.6 Å². The van der Waals surface area contributed by atoms with Crippen molar-refractivity contribution < 1.29 is 14.0 Å². The van der Waals surface area contributed by atoms with E-state index in [4.69, 9.17) is 14.0 Å². The average Bonchev–Trinajstić information content (AvgIpc) is 3.13. The van der Waals surface area contributed by atoms with Crippen LogP contribution in [-0.2, 0) is 4.74 Å². The van der Waals surface area contributed by atoms with Crippen LogP contribution < -0.4 is 9.64 Å². The molecule has 0 amide bonds. The Morgan fingerprint density at radius 3 is 2.54 bits per heavy atom. The highest BCUT2D eigenvalue weighted by molar-refractivity contribution is 5.57. The van der Waals surface area contributed by atoms with Gasteiger partial charge < -0.3 is 18.9 Å². The molecule has 0 N–H and O–H groups in total. The van der Waals surface area contributed by atoms with Crippen molar-refractivity contribution in [3.05, 3.63) is 18.0 Å². The second-order valence-electron chi connectivity index (χ2n) is 5.47. The van der Waals surface area contributed by atoms with Gasteiger partial charge in [0.1, 0.15) is 5.75 Å². The van der Waals surface area contributed by atoms with E-state index in [1.807, 2.05) is 24.8 Å². The molecule has 0 unspecified atom stereocenters. The summed E-state index contributed by atoms with van der Waals surface area (Å²) in [5.74, 6) is 2.06. The first-order chi connectivity index (χ1) is 11.7. The number of aromatic nitrogens is 3. The smallest absolute Gasteiger partial charge is 0.266 e. The summed E-state index contributed by atoms with van der Waals surface area (Å²) in [7, 11) is 1.64. The third-order valence-electron chi connectivity index (χ3n) is 3.60. The van der Waals surface area contributed by atoms with Gasteiger partial charge in [-0.05, 0) is 17.1 Å². The van der Waals surface area contributed by atoms with Gasteiger partial charge in [0, 0.05) is 19.3 Å². The van der Waals surface area contributed by atoms with Crippen molar-refractivity contribution in [2.24, 2.45) is 0 Å². The maximum absolute atomic E-state index is 5.41. The van der Waals surface area contributed by atoms with E-state index in [0.717, 1.165) is 30.1 Å². The lowest BCUT2D eigenvalue weighted by Gasteiger charge is -2.24. The number of rotatable bonds is 4. The molecule has 3 heterocycles. The molecule has 24 heavy (non-hydrogen) atoms. The van der Waals surface area contributed by atoms with Crippen LogP contribution in [0.3, 0.4) is 0 Å². The highest BCUT2D eigenvalue weighted by Gasteiger charge is 2.19. The second-order valence-corrected chi connectivity index (χ2v) is 5.47. The molecule has 0 aromatic carbocycles. The summed E-state index contributed by atoms with van der Waals surface area (Å²) >= 11 is 0. The topological polar surface area (TPSA) is 73.5 Å². The van der Waals surface area contributed by atoms with Crippen LogP contribution in [0.1, 0.15) is 39.3 Å². The summed E-state index contributed by atoms with van der Waals surface area (Å²) in [6, 6.07) is 1.89. The van der Waals surface area contributed by atoms with Gasteiger partial charge in [0.05, 0.1) is 31.6 Å². The molecule has 0 spiro atoms. The van der Waals surface area contributed by atoms with Gasteiger partial charge in [0.2, 0.25) is 0 Å². The predicted octanol–water partition coefficient (Wildman–Crippen LogP) is 3.13. The van der Waals surface area contributed by atoms with Crippen molar-refractivity contribution in [1.29, 1.82) is 0 Å². The van der Waals surface area contributed by atoms with Gasteiger partial charge in [0.25, 0.3) is 11.8 Å². The van der Waals surface area contributed by atoms with Gasteiger partial charge in [-0.1, -0.05) is 27.7 Å². The maximum Gasteiger partial charge on any atom is 0.266 e. The summed E-state index contributed by atoms with van der Waals surface area (Å²) in [5.41, 5.74) is 1.67. The fourth-order valence-electron chi connectivity index (χ4n) is 2.39. The molecule has 1 saturated heterocycles. The van der Waals surface area contributed by atoms with E-state index >= 15 is 0 Å². The van der Waals surface area contributed by atoms with Crippen LogP contribution >= 0.6 is 0 Å². The largest absolute Gasteiger partial charge is 0.495 e. The van der Waals surface area contributed by atoms with Crippen molar-refractivity contribution in [3.8, 4) is 17.2 Å².